The zero-order valence-electron chi connectivity index (χ0n) is 10.3. The number of rotatable bonds is 4. The molecule has 0 aromatic heterocycles. The number of benzene rings is 1. The Kier molecular flexibility index (Phi) is 3.79. The second-order valence-corrected chi connectivity index (χ2v) is 4.63. The molecule has 3 nitrogen and oxygen atoms in total. The minimum absolute atomic E-state index is 0.152. The van der Waals surface area contributed by atoms with Gasteiger partial charge in [-0.3, -0.25) is 4.79 Å². The number of carbonyl (C=O) groups is 1. The summed E-state index contributed by atoms with van der Waals surface area (Å²) in [5.74, 6) is 0.177. The van der Waals surface area contributed by atoms with E-state index >= 15 is 0 Å². The highest BCUT2D eigenvalue weighted by Gasteiger charge is 2.29. The van der Waals surface area contributed by atoms with E-state index in [4.69, 9.17) is 9.47 Å². The van der Waals surface area contributed by atoms with Crippen LogP contribution in [0, 0.1) is 12.8 Å². The first-order chi connectivity index (χ1) is 8.20. The SMILES string of the molecule is COC(=O)C(CC1COC1)c1ccc(C)cc1. The number of methoxy groups -OCH3 is 1. The van der Waals surface area contributed by atoms with Gasteiger partial charge >= 0.3 is 5.97 Å². The third-order valence-electron chi connectivity index (χ3n) is 3.24. The van der Waals surface area contributed by atoms with Gasteiger partial charge in [0.05, 0.1) is 26.2 Å². The summed E-state index contributed by atoms with van der Waals surface area (Å²) in [4.78, 5) is 11.8. The molecule has 92 valence electrons. The van der Waals surface area contributed by atoms with Crippen LogP contribution in [0.4, 0.5) is 0 Å². The highest BCUT2D eigenvalue weighted by molar-refractivity contribution is 5.78. The van der Waals surface area contributed by atoms with Crippen molar-refractivity contribution in [2.75, 3.05) is 20.3 Å². The number of hydrogen-bond acceptors (Lipinski definition) is 3. The van der Waals surface area contributed by atoms with Crippen molar-refractivity contribution >= 4 is 5.97 Å². The lowest BCUT2D eigenvalue weighted by molar-refractivity contribution is -0.144. The average molecular weight is 234 g/mol. The Morgan fingerprint density at radius 3 is 2.53 bits per heavy atom. The van der Waals surface area contributed by atoms with E-state index in [2.05, 4.69) is 0 Å². The smallest absolute Gasteiger partial charge is 0.313 e. The van der Waals surface area contributed by atoms with Crippen molar-refractivity contribution in [2.45, 2.75) is 19.3 Å². The predicted molar refractivity (Wildman–Crippen MR) is 64.9 cm³/mol. The van der Waals surface area contributed by atoms with E-state index in [1.54, 1.807) is 0 Å². The van der Waals surface area contributed by atoms with Crippen LogP contribution in [0.5, 0.6) is 0 Å². The predicted octanol–water partition coefficient (Wildman–Crippen LogP) is 2.29. The van der Waals surface area contributed by atoms with E-state index in [-0.39, 0.29) is 11.9 Å². The number of esters is 1. The minimum atomic E-state index is -0.158. The minimum Gasteiger partial charge on any atom is -0.469 e. The molecule has 1 aromatic carbocycles. The van der Waals surface area contributed by atoms with E-state index in [0.29, 0.717) is 5.92 Å². The van der Waals surface area contributed by atoms with Crippen molar-refractivity contribution in [3.63, 3.8) is 0 Å². The third kappa shape index (κ3) is 2.86. The van der Waals surface area contributed by atoms with E-state index in [9.17, 15) is 4.79 Å². The van der Waals surface area contributed by atoms with Crippen LogP contribution in [-0.4, -0.2) is 26.3 Å². The number of aryl methyl sites for hydroxylation is 1. The van der Waals surface area contributed by atoms with Gasteiger partial charge in [0.25, 0.3) is 0 Å². The van der Waals surface area contributed by atoms with Gasteiger partial charge in [0.15, 0.2) is 0 Å². The first kappa shape index (κ1) is 12.1. The van der Waals surface area contributed by atoms with Crippen LogP contribution in [0.25, 0.3) is 0 Å². The zero-order chi connectivity index (χ0) is 12.3. The fourth-order valence-electron chi connectivity index (χ4n) is 2.06. The lowest BCUT2D eigenvalue weighted by atomic mass is 9.87. The van der Waals surface area contributed by atoms with Crippen LogP contribution in [0.1, 0.15) is 23.5 Å². The maximum Gasteiger partial charge on any atom is 0.313 e. The Labute approximate surface area is 102 Å². The summed E-state index contributed by atoms with van der Waals surface area (Å²) in [5.41, 5.74) is 2.23. The number of ether oxygens (including phenoxy) is 2. The summed E-state index contributed by atoms with van der Waals surface area (Å²) < 4.78 is 10.0. The van der Waals surface area contributed by atoms with Gasteiger partial charge in [-0.05, 0) is 18.9 Å². The molecule has 0 amide bonds. The number of carbonyl (C=O) groups excluding carboxylic acids is 1. The molecule has 17 heavy (non-hydrogen) atoms. The highest BCUT2D eigenvalue weighted by Crippen LogP contribution is 2.29. The van der Waals surface area contributed by atoms with E-state index in [1.807, 2.05) is 31.2 Å². The van der Waals surface area contributed by atoms with Gasteiger partial charge in [-0.15, -0.1) is 0 Å². The molecule has 1 unspecified atom stereocenters. The maximum atomic E-state index is 11.8. The fraction of sp³-hybridized carbons (Fsp3) is 0.500. The molecule has 0 saturated carbocycles. The Morgan fingerprint density at radius 1 is 1.41 bits per heavy atom. The van der Waals surface area contributed by atoms with Crippen LogP contribution >= 0.6 is 0 Å². The largest absolute Gasteiger partial charge is 0.469 e. The average Bonchev–Trinajstić information content (AvgIpc) is 2.29. The summed E-state index contributed by atoms with van der Waals surface area (Å²) in [5, 5.41) is 0. The zero-order valence-corrected chi connectivity index (χ0v) is 10.3. The van der Waals surface area contributed by atoms with Crippen molar-refractivity contribution in [1.82, 2.24) is 0 Å². The number of hydrogen-bond donors (Lipinski definition) is 0. The second-order valence-electron chi connectivity index (χ2n) is 4.63. The van der Waals surface area contributed by atoms with Gasteiger partial charge < -0.3 is 9.47 Å². The Hall–Kier alpha value is -1.35. The normalized spacial score (nSPS) is 17.3. The highest BCUT2D eigenvalue weighted by atomic mass is 16.5. The Balaban J connectivity index is 2.13. The molecule has 1 aliphatic heterocycles. The van der Waals surface area contributed by atoms with Crippen molar-refractivity contribution < 1.29 is 14.3 Å². The van der Waals surface area contributed by atoms with Crippen LogP contribution < -0.4 is 0 Å². The van der Waals surface area contributed by atoms with Gasteiger partial charge in [0.2, 0.25) is 0 Å². The molecule has 1 aliphatic rings. The van der Waals surface area contributed by atoms with Crippen LogP contribution in [0.15, 0.2) is 24.3 Å². The first-order valence-corrected chi connectivity index (χ1v) is 5.93. The molecule has 1 heterocycles. The second kappa shape index (κ2) is 5.32. The summed E-state index contributed by atoms with van der Waals surface area (Å²) in [6, 6.07) is 8.08. The maximum absolute atomic E-state index is 11.8. The molecule has 0 aliphatic carbocycles. The van der Waals surface area contributed by atoms with Crippen LogP contribution in [0.3, 0.4) is 0 Å². The molecule has 1 fully saturated rings. The molecule has 1 saturated heterocycles. The van der Waals surface area contributed by atoms with Crippen LogP contribution in [0.2, 0.25) is 0 Å². The van der Waals surface area contributed by atoms with Crippen molar-refractivity contribution in [3.05, 3.63) is 35.4 Å². The molecular formula is C14H18O3. The lowest BCUT2D eigenvalue weighted by Gasteiger charge is -2.29. The van der Waals surface area contributed by atoms with Crippen LogP contribution in [-0.2, 0) is 14.3 Å². The first-order valence-electron chi connectivity index (χ1n) is 5.93. The molecule has 3 heteroatoms. The van der Waals surface area contributed by atoms with E-state index in [1.165, 1.54) is 12.7 Å². The topological polar surface area (TPSA) is 35.5 Å². The van der Waals surface area contributed by atoms with Crippen molar-refractivity contribution in [2.24, 2.45) is 5.92 Å². The molecule has 0 radical (unpaired) electrons. The quantitative estimate of drug-likeness (QED) is 0.750. The summed E-state index contributed by atoms with van der Waals surface area (Å²) >= 11 is 0. The lowest BCUT2D eigenvalue weighted by Crippen LogP contribution is -2.31. The van der Waals surface area contributed by atoms with Gasteiger partial charge in [-0.1, -0.05) is 29.8 Å². The molecular weight excluding hydrogens is 216 g/mol. The fourth-order valence-corrected chi connectivity index (χ4v) is 2.06. The van der Waals surface area contributed by atoms with Gasteiger partial charge in [-0.25, -0.2) is 0 Å². The molecule has 2 rings (SSSR count). The third-order valence-corrected chi connectivity index (χ3v) is 3.24. The summed E-state index contributed by atoms with van der Waals surface area (Å²) in [6.45, 7) is 3.56. The monoisotopic (exact) mass is 234 g/mol. The summed E-state index contributed by atoms with van der Waals surface area (Å²) in [7, 11) is 1.45. The summed E-state index contributed by atoms with van der Waals surface area (Å²) in [6.07, 6.45) is 0.815. The Morgan fingerprint density at radius 2 is 2.06 bits per heavy atom. The molecule has 0 spiro atoms. The Bertz CT molecular complexity index is 379. The van der Waals surface area contributed by atoms with E-state index < -0.39 is 0 Å². The molecule has 0 N–H and O–H groups in total. The molecule has 0 bridgehead atoms. The molecule has 1 aromatic rings. The van der Waals surface area contributed by atoms with E-state index in [0.717, 1.165) is 25.2 Å². The van der Waals surface area contributed by atoms with Crippen molar-refractivity contribution in [1.29, 1.82) is 0 Å². The van der Waals surface area contributed by atoms with Gasteiger partial charge in [-0.2, -0.15) is 0 Å². The molecule has 1 atom stereocenters. The van der Waals surface area contributed by atoms with Gasteiger partial charge in [0.1, 0.15) is 0 Å². The van der Waals surface area contributed by atoms with Crippen molar-refractivity contribution in [3.8, 4) is 0 Å². The standard InChI is InChI=1S/C14H18O3/c1-10-3-5-12(6-4-10)13(14(15)16-2)7-11-8-17-9-11/h3-6,11,13H,7-9H2,1-2H3. The van der Waals surface area contributed by atoms with Gasteiger partial charge in [0, 0.05) is 5.92 Å².